The SMILES string of the molecule is CN=C(NCC(C)Oc1cccc(C)c1)N1CCC(N2CCCC2)C1. The molecule has 25 heavy (non-hydrogen) atoms. The molecule has 0 radical (unpaired) electrons. The molecule has 2 unspecified atom stereocenters. The second-order valence-electron chi connectivity index (χ2n) is 7.30. The molecule has 2 fully saturated rings. The molecule has 1 aromatic carbocycles. The van der Waals surface area contributed by atoms with Crippen molar-refractivity contribution in [3.63, 3.8) is 0 Å². The van der Waals surface area contributed by atoms with Crippen molar-refractivity contribution in [2.24, 2.45) is 4.99 Å². The number of rotatable bonds is 5. The molecule has 3 rings (SSSR count). The summed E-state index contributed by atoms with van der Waals surface area (Å²) in [5.41, 5.74) is 1.22. The lowest BCUT2D eigenvalue weighted by Crippen LogP contribution is -2.45. The Morgan fingerprint density at radius 3 is 2.84 bits per heavy atom. The van der Waals surface area contributed by atoms with Crippen LogP contribution in [0.5, 0.6) is 5.75 Å². The van der Waals surface area contributed by atoms with Crippen LogP contribution >= 0.6 is 0 Å². The third kappa shape index (κ3) is 4.88. The van der Waals surface area contributed by atoms with Gasteiger partial charge in [0.15, 0.2) is 5.96 Å². The number of aliphatic imine (C=N–C) groups is 1. The number of guanidine groups is 1. The maximum atomic E-state index is 6.01. The molecule has 2 aliphatic heterocycles. The minimum Gasteiger partial charge on any atom is -0.489 e. The van der Waals surface area contributed by atoms with Crippen molar-refractivity contribution in [2.75, 3.05) is 39.8 Å². The zero-order chi connectivity index (χ0) is 17.6. The van der Waals surface area contributed by atoms with Gasteiger partial charge >= 0.3 is 0 Å². The van der Waals surface area contributed by atoms with Crippen LogP contribution in [-0.4, -0.2) is 67.7 Å². The number of benzene rings is 1. The molecule has 0 spiro atoms. The molecular formula is C20H32N4O. The van der Waals surface area contributed by atoms with Gasteiger partial charge in [-0.2, -0.15) is 0 Å². The van der Waals surface area contributed by atoms with Crippen molar-refractivity contribution in [2.45, 2.75) is 45.3 Å². The quantitative estimate of drug-likeness (QED) is 0.658. The fourth-order valence-corrected chi connectivity index (χ4v) is 3.87. The number of hydrogen-bond donors (Lipinski definition) is 1. The van der Waals surface area contributed by atoms with Gasteiger partial charge in [-0.3, -0.25) is 9.89 Å². The van der Waals surface area contributed by atoms with E-state index in [1.165, 1.54) is 37.9 Å². The van der Waals surface area contributed by atoms with Gasteiger partial charge in [0.05, 0.1) is 6.54 Å². The Bertz CT molecular complexity index is 583. The summed E-state index contributed by atoms with van der Waals surface area (Å²) in [5, 5.41) is 3.49. The van der Waals surface area contributed by atoms with Crippen molar-refractivity contribution in [3.8, 4) is 5.75 Å². The van der Waals surface area contributed by atoms with E-state index in [1.54, 1.807) is 0 Å². The highest BCUT2D eigenvalue weighted by molar-refractivity contribution is 5.80. The third-order valence-corrected chi connectivity index (χ3v) is 5.21. The topological polar surface area (TPSA) is 40.1 Å². The fraction of sp³-hybridized carbons (Fsp3) is 0.650. The van der Waals surface area contributed by atoms with E-state index in [4.69, 9.17) is 4.74 Å². The summed E-state index contributed by atoms with van der Waals surface area (Å²) in [6.45, 7) is 9.66. The van der Waals surface area contributed by atoms with Crippen molar-refractivity contribution in [1.29, 1.82) is 0 Å². The van der Waals surface area contributed by atoms with Crippen LogP contribution in [0.15, 0.2) is 29.3 Å². The third-order valence-electron chi connectivity index (χ3n) is 5.21. The highest BCUT2D eigenvalue weighted by Gasteiger charge is 2.30. The number of hydrogen-bond acceptors (Lipinski definition) is 3. The zero-order valence-corrected chi connectivity index (χ0v) is 15.9. The molecule has 5 heteroatoms. The summed E-state index contributed by atoms with van der Waals surface area (Å²) < 4.78 is 6.01. The Morgan fingerprint density at radius 2 is 2.12 bits per heavy atom. The molecule has 5 nitrogen and oxygen atoms in total. The lowest BCUT2D eigenvalue weighted by molar-refractivity contribution is 0.221. The van der Waals surface area contributed by atoms with E-state index in [9.17, 15) is 0 Å². The summed E-state index contributed by atoms with van der Waals surface area (Å²) in [4.78, 5) is 9.52. The maximum absolute atomic E-state index is 6.01. The standard InChI is InChI=1S/C20H32N4O/c1-16-7-6-8-19(13-16)25-17(2)14-22-20(21-3)24-12-9-18(15-24)23-10-4-5-11-23/h6-8,13,17-18H,4-5,9-12,14-15H2,1-3H3,(H,21,22). The van der Waals surface area contributed by atoms with Crippen LogP contribution in [0.25, 0.3) is 0 Å². The van der Waals surface area contributed by atoms with Crippen LogP contribution in [0.1, 0.15) is 31.7 Å². The number of nitrogens with one attached hydrogen (secondary N) is 1. The van der Waals surface area contributed by atoms with Crippen molar-refractivity contribution < 1.29 is 4.74 Å². The van der Waals surface area contributed by atoms with Crippen LogP contribution in [0, 0.1) is 6.92 Å². The number of nitrogens with zero attached hydrogens (tertiary/aromatic N) is 3. The summed E-state index contributed by atoms with van der Waals surface area (Å²) >= 11 is 0. The molecule has 2 atom stereocenters. The molecule has 0 bridgehead atoms. The predicted octanol–water partition coefficient (Wildman–Crippen LogP) is 2.51. The molecule has 1 aromatic rings. The van der Waals surface area contributed by atoms with Crippen molar-refractivity contribution in [3.05, 3.63) is 29.8 Å². The molecule has 0 aliphatic carbocycles. The smallest absolute Gasteiger partial charge is 0.193 e. The fourth-order valence-electron chi connectivity index (χ4n) is 3.87. The first-order chi connectivity index (χ1) is 12.2. The lowest BCUT2D eigenvalue weighted by Gasteiger charge is -2.26. The van der Waals surface area contributed by atoms with E-state index in [0.717, 1.165) is 31.3 Å². The minimum atomic E-state index is 0.0931. The van der Waals surface area contributed by atoms with Gasteiger partial charge < -0.3 is 15.0 Å². The van der Waals surface area contributed by atoms with Crippen molar-refractivity contribution in [1.82, 2.24) is 15.1 Å². The molecule has 0 amide bonds. The van der Waals surface area contributed by atoms with Crippen LogP contribution in [0.2, 0.25) is 0 Å². The predicted molar refractivity (Wildman–Crippen MR) is 103 cm³/mol. The first-order valence-electron chi connectivity index (χ1n) is 9.58. The highest BCUT2D eigenvalue weighted by Crippen LogP contribution is 2.20. The van der Waals surface area contributed by atoms with Crippen LogP contribution < -0.4 is 10.1 Å². The van der Waals surface area contributed by atoms with Crippen LogP contribution in [-0.2, 0) is 0 Å². The molecule has 2 saturated heterocycles. The van der Waals surface area contributed by atoms with Gasteiger partial charge in [0, 0.05) is 26.2 Å². The van der Waals surface area contributed by atoms with Gasteiger partial charge in [-0.25, -0.2) is 0 Å². The van der Waals surface area contributed by atoms with E-state index in [-0.39, 0.29) is 6.10 Å². The second kappa shape index (κ2) is 8.56. The summed E-state index contributed by atoms with van der Waals surface area (Å²) in [6.07, 6.45) is 4.06. The summed E-state index contributed by atoms with van der Waals surface area (Å²) in [5.74, 6) is 1.93. The Kier molecular flexibility index (Phi) is 6.19. The Hall–Kier alpha value is -1.75. The van der Waals surface area contributed by atoms with Gasteiger partial charge in [0.1, 0.15) is 11.9 Å². The normalized spacial score (nSPS) is 23.1. The second-order valence-corrected chi connectivity index (χ2v) is 7.30. The summed E-state index contributed by atoms with van der Waals surface area (Å²) in [6, 6.07) is 8.90. The molecular weight excluding hydrogens is 312 g/mol. The van der Waals surface area contributed by atoms with Crippen LogP contribution in [0.3, 0.4) is 0 Å². The molecule has 1 N–H and O–H groups in total. The monoisotopic (exact) mass is 344 g/mol. The van der Waals surface area contributed by atoms with Gasteiger partial charge in [-0.15, -0.1) is 0 Å². The van der Waals surface area contributed by atoms with E-state index in [2.05, 4.69) is 46.1 Å². The Labute approximate surface area is 152 Å². The molecule has 2 aliphatic rings. The Morgan fingerprint density at radius 1 is 1.32 bits per heavy atom. The molecule has 0 saturated carbocycles. The zero-order valence-electron chi connectivity index (χ0n) is 15.9. The molecule has 0 aromatic heterocycles. The maximum Gasteiger partial charge on any atom is 0.193 e. The lowest BCUT2D eigenvalue weighted by atomic mass is 10.2. The molecule has 138 valence electrons. The van der Waals surface area contributed by atoms with Crippen molar-refractivity contribution >= 4 is 5.96 Å². The first kappa shape index (κ1) is 18.1. The highest BCUT2D eigenvalue weighted by atomic mass is 16.5. The van der Waals surface area contributed by atoms with Gasteiger partial charge in [0.2, 0.25) is 0 Å². The van der Waals surface area contributed by atoms with Gasteiger partial charge in [-0.1, -0.05) is 12.1 Å². The number of ether oxygens (including phenoxy) is 1. The summed E-state index contributed by atoms with van der Waals surface area (Å²) in [7, 11) is 1.87. The van der Waals surface area contributed by atoms with E-state index in [0.29, 0.717) is 6.04 Å². The van der Waals surface area contributed by atoms with E-state index >= 15 is 0 Å². The largest absolute Gasteiger partial charge is 0.489 e. The van der Waals surface area contributed by atoms with E-state index < -0.39 is 0 Å². The minimum absolute atomic E-state index is 0.0931. The molecule has 2 heterocycles. The Balaban J connectivity index is 1.46. The van der Waals surface area contributed by atoms with Gasteiger partial charge in [-0.05, 0) is 63.9 Å². The van der Waals surface area contributed by atoms with E-state index in [1.807, 2.05) is 19.2 Å². The van der Waals surface area contributed by atoms with Crippen LogP contribution in [0.4, 0.5) is 0 Å². The average Bonchev–Trinajstić information content (AvgIpc) is 3.27. The average molecular weight is 345 g/mol. The number of aryl methyl sites for hydroxylation is 1. The van der Waals surface area contributed by atoms with Gasteiger partial charge in [0.25, 0.3) is 0 Å². The number of likely N-dealkylation sites (tertiary alicyclic amines) is 2. The first-order valence-corrected chi connectivity index (χ1v) is 9.58.